The van der Waals surface area contributed by atoms with Gasteiger partial charge in [-0.05, 0) is 48.5 Å². The molecule has 0 fully saturated rings. The number of carbonyl (C=O) groups excluding carboxylic acids is 1. The maximum absolute atomic E-state index is 13.0. The average Bonchev–Trinajstić information content (AvgIpc) is 3.04. The summed E-state index contributed by atoms with van der Waals surface area (Å²) in [5, 5.41) is 0.624. The number of aromatic nitrogens is 2. The quantitative estimate of drug-likeness (QED) is 0.672. The van der Waals surface area contributed by atoms with Crippen LogP contribution in [0.2, 0.25) is 5.02 Å². The summed E-state index contributed by atoms with van der Waals surface area (Å²) < 4.78 is 2.03. The highest BCUT2D eigenvalue weighted by Crippen LogP contribution is 2.14. The van der Waals surface area contributed by atoms with E-state index in [2.05, 4.69) is 4.98 Å². The average molecular weight is 354 g/mol. The molecule has 1 aromatic carbocycles. The number of hydrogen-bond acceptors (Lipinski definition) is 2. The molecule has 0 spiro atoms. The molecular weight excluding hydrogens is 334 g/mol. The molecule has 0 bridgehead atoms. The maximum Gasteiger partial charge on any atom is 0.254 e. The lowest BCUT2D eigenvalue weighted by atomic mass is 10.1. The molecule has 3 rings (SSSR count). The molecule has 1 amide bonds. The third kappa shape index (κ3) is 4.48. The zero-order chi connectivity index (χ0) is 17.6. The van der Waals surface area contributed by atoms with E-state index in [0.717, 1.165) is 11.4 Å². The van der Waals surface area contributed by atoms with Crippen LogP contribution in [0.25, 0.3) is 0 Å². The van der Waals surface area contributed by atoms with Crippen molar-refractivity contribution in [3.63, 3.8) is 0 Å². The van der Waals surface area contributed by atoms with Crippen LogP contribution in [0.15, 0.2) is 67.0 Å². The molecule has 0 aliphatic carbocycles. The predicted molar refractivity (Wildman–Crippen MR) is 99.5 cm³/mol. The lowest BCUT2D eigenvalue weighted by Crippen LogP contribution is -2.33. The zero-order valence-corrected chi connectivity index (χ0v) is 14.9. The van der Waals surface area contributed by atoms with Crippen molar-refractivity contribution in [3.8, 4) is 0 Å². The second kappa shape index (κ2) is 7.99. The van der Waals surface area contributed by atoms with Crippen molar-refractivity contribution in [2.75, 3.05) is 6.54 Å². The molecule has 2 aromatic heterocycles. The first kappa shape index (κ1) is 17.2. The second-order valence-corrected chi connectivity index (χ2v) is 6.35. The van der Waals surface area contributed by atoms with E-state index in [1.54, 1.807) is 30.5 Å². The number of carbonyl (C=O) groups is 1. The van der Waals surface area contributed by atoms with Gasteiger partial charge in [0.25, 0.3) is 5.91 Å². The largest absolute Gasteiger partial charge is 0.353 e. The van der Waals surface area contributed by atoms with Crippen molar-refractivity contribution in [3.05, 3.63) is 89.0 Å². The Labute approximate surface area is 152 Å². The van der Waals surface area contributed by atoms with E-state index in [9.17, 15) is 4.79 Å². The van der Waals surface area contributed by atoms with Crippen LogP contribution < -0.4 is 0 Å². The van der Waals surface area contributed by atoms with Gasteiger partial charge in [0.05, 0.1) is 6.54 Å². The van der Waals surface area contributed by atoms with Gasteiger partial charge < -0.3 is 9.47 Å². The van der Waals surface area contributed by atoms with Gasteiger partial charge in [-0.2, -0.15) is 0 Å². The lowest BCUT2D eigenvalue weighted by Gasteiger charge is -2.23. The smallest absolute Gasteiger partial charge is 0.254 e. The van der Waals surface area contributed by atoms with E-state index >= 15 is 0 Å². The zero-order valence-electron chi connectivity index (χ0n) is 14.1. The number of amides is 1. The number of rotatable bonds is 6. The van der Waals surface area contributed by atoms with Gasteiger partial charge in [0, 0.05) is 54.4 Å². The minimum atomic E-state index is -0.00574. The second-order valence-electron chi connectivity index (χ2n) is 5.92. The highest BCUT2D eigenvalue weighted by molar-refractivity contribution is 6.30. The molecule has 0 aliphatic rings. The van der Waals surface area contributed by atoms with Crippen LogP contribution in [0.1, 0.15) is 21.7 Å². The molecule has 0 saturated heterocycles. The monoisotopic (exact) mass is 353 g/mol. The van der Waals surface area contributed by atoms with Gasteiger partial charge in [-0.1, -0.05) is 17.7 Å². The Hall–Kier alpha value is -2.59. The number of benzene rings is 1. The van der Waals surface area contributed by atoms with E-state index in [4.69, 9.17) is 11.6 Å². The van der Waals surface area contributed by atoms with Crippen molar-refractivity contribution in [2.45, 2.75) is 13.0 Å². The predicted octanol–water partition coefficient (Wildman–Crippen LogP) is 3.96. The first-order chi connectivity index (χ1) is 12.1. The first-order valence-electron chi connectivity index (χ1n) is 8.18. The summed E-state index contributed by atoms with van der Waals surface area (Å²) in [5.74, 6) is -0.00574. The summed E-state index contributed by atoms with van der Waals surface area (Å²) in [4.78, 5) is 19.2. The summed E-state index contributed by atoms with van der Waals surface area (Å²) in [6, 6.07) is 16.9. The van der Waals surface area contributed by atoms with Gasteiger partial charge >= 0.3 is 0 Å². The molecule has 128 valence electrons. The van der Waals surface area contributed by atoms with Gasteiger partial charge in [-0.15, -0.1) is 0 Å². The maximum atomic E-state index is 13.0. The molecular formula is C20H20ClN3O. The summed E-state index contributed by atoms with van der Waals surface area (Å²) in [6.07, 6.45) is 4.47. The first-order valence-corrected chi connectivity index (χ1v) is 8.56. The van der Waals surface area contributed by atoms with Gasteiger partial charge in [-0.3, -0.25) is 9.78 Å². The number of nitrogens with zero attached hydrogens (tertiary/aromatic N) is 3. The molecule has 0 N–H and O–H groups in total. The minimum absolute atomic E-state index is 0.00574. The third-order valence-electron chi connectivity index (χ3n) is 4.15. The Kier molecular flexibility index (Phi) is 5.51. The normalized spacial score (nSPS) is 10.6. The Morgan fingerprint density at radius 2 is 1.92 bits per heavy atom. The molecule has 0 aliphatic heterocycles. The summed E-state index contributed by atoms with van der Waals surface area (Å²) in [7, 11) is 1.99. The minimum Gasteiger partial charge on any atom is -0.353 e. The summed E-state index contributed by atoms with van der Waals surface area (Å²) >= 11 is 5.94. The molecule has 5 heteroatoms. The van der Waals surface area contributed by atoms with Crippen molar-refractivity contribution in [1.82, 2.24) is 14.5 Å². The van der Waals surface area contributed by atoms with Crippen LogP contribution in [0.4, 0.5) is 0 Å². The van der Waals surface area contributed by atoms with Crippen LogP contribution in [-0.2, 0) is 20.0 Å². The van der Waals surface area contributed by atoms with E-state index < -0.39 is 0 Å². The topological polar surface area (TPSA) is 38.1 Å². The molecule has 0 atom stereocenters. The van der Waals surface area contributed by atoms with E-state index in [0.29, 0.717) is 30.1 Å². The Balaban J connectivity index is 1.79. The fraction of sp³-hybridized carbons (Fsp3) is 0.200. The molecule has 0 radical (unpaired) electrons. The number of halogens is 1. The third-order valence-corrected chi connectivity index (χ3v) is 4.40. The van der Waals surface area contributed by atoms with Crippen LogP contribution in [-0.4, -0.2) is 26.9 Å². The number of hydrogen-bond donors (Lipinski definition) is 0. The van der Waals surface area contributed by atoms with Crippen LogP contribution >= 0.6 is 11.6 Å². The molecule has 0 unspecified atom stereocenters. The van der Waals surface area contributed by atoms with Crippen LogP contribution in [0.3, 0.4) is 0 Å². The van der Waals surface area contributed by atoms with E-state index in [1.807, 2.05) is 53.0 Å². The molecule has 0 saturated carbocycles. The number of aryl methyl sites for hydroxylation is 1. The fourth-order valence-corrected chi connectivity index (χ4v) is 2.81. The van der Waals surface area contributed by atoms with Gasteiger partial charge in [0.15, 0.2) is 0 Å². The SMILES string of the molecule is Cn1cccc1CN(CCc1ccccn1)C(=O)c1ccc(Cl)cc1. The Morgan fingerprint density at radius 3 is 2.56 bits per heavy atom. The van der Waals surface area contributed by atoms with E-state index in [-0.39, 0.29) is 5.91 Å². The summed E-state index contributed by atoms with van der Waals surface area (Å²) in [6.45, 7) is 1.15. The van der Waals surface area contributed by atoms with E-state index in [1.165, 1.54) is 0 Å². The standard InChI is InChI=1S/C20H20ClN3O/c1-23-13-4-6-19(23)15-24(14-11-18-5-2-3-12-22-18)20(25)16-7-9-17(21)10-8-16/h2-10,12-13H,11,14-15H2,1H3. The molecule has 3 aromatic rings. The van der Waals surface area contributed by atoms with Crippen LogP contribution in [0, 0.1) is 0 Å². The van der Waals surface area contributed by atoms with Gasteiger partial charge in [0.1, 0.15) is 0 Å². The fourth-order valence-electron chi connectivity index (χ4n) is 2.68. The number of pyridine rings is 1. The van der Waals surface area contributed by atoms with Crippen LogP contribution in [0.5, 0.6) is 0 Å². The highest BCUT2D eigenvalue weighted by atomic mass is 35.5. The van der Waals surface area contributed by atoms with Gasteiger partial charge in [-0.25, -0.2) is 0 Å². The molecule has 2 heterocycles. The van der Waals surface area contributed by atoms with Gasteiger partial charge in [0.2, 0.25) is 0 Å². The summed E-state index contributed by atoms with van der Waals surface area (Å²) in [5.41, 5.74) is 2.70. The van der Waals surface area contributed by atoms with Crippen molar-refractivity contribution in [1.29, 1.82) is 0 Å². The Morgan fingerprint density at radius 1 is 1.12 bits per heavy atom. The van der Waals surface area contributed by atoms with Crippen molar-refractivity contribution >= 4 is 17.5 Å². The Bertz CT molecular complexity index is 828. The van der Waals surface area contributed by atoms with Crippen molar-refractivity contribution in [2.24, 2.45) is 7.05 Å². The molecule has 4 nitrogen and oxygen atoms in total. The van der Waals surface area contributed by atoms with Crippen molar-refractivity contribution < 1.29 is 4.79 Å². The highest BCUT2D eigenvalue weighted by Gasteiger charge is 2.17. The molecule has 25 heavy (non-hydrogen) atoms. The lowest BCUT2D eigenvalue weighted by molar-refractivity contribution is 0.0741.